The maximum absolute atomic E-state index is 13.1. The minimum atomic E-state index is -0.601. The molecule has 5 nitrogen and oxygen atoms in total. The van der Waals surface area contributed by atoms with E-state index in [1.807, 2.05) is 48.5 Å². The van der Waals surface area contributed by atoms with Gasteiger partial charge in [-0.15, -0.1) is 0 Å². The largest absolute Gasteiger partial charge is 0.340 e. The minimum absolute atomic E-state index is 0.00917. The van der Waals surface area contributed by atoms with Crippen LogP contribution in [0.3, 0.4) is 0 Å². The van der Waals surface area contributed by atoms with Gasteiger partial charge in [-0.3, -0.25) is 9.59 Å². The number of amides is 2. The second-order valence-electron chi connectivity index (χ2n) is 6.77. The molecule has 1 aliphatic rings. The van der Waals surface area contributed by atoms with E-state index in [2.05, 4.69) is 5.32 Å². The van der Waals surface area contributed by atoms with Crippen LogP contribution in [0.4, 0.5) is 0 Å². The Labute approximate surface area is 154 Å². The van der Waals surface area contributed by atoms with Crippen molar-refractivity contribution >= 4 is 11.8 Å². The number of rotatable bonds is 5. The molecule has 1 saturated heterocycles. The molecule has 1 fully saturated rings. The first-order valence-corrected chi connectivity index (χ1v) is 9.07. The highest BCUT2D eigenvalue weighted by molar-refractivity contribution is 5.97. The van der Waals surface area contributed by atoms with Gasteiger partial charge in [0.1, 0.15) is 6.04 Å². The number of nitrogens with two attached hydrogens (primary N) is 1. The lowest BCUT2D eigenvalue weighted by Gasteiger charge is -2.33. The van der Waals surface area contributed by atoms with Crippen molar-refractivity contribution in [3.05, 3.63) is 71.8 Å². The summed E-state index contributed by atoms with van der Waals surface area (Å²) in [6.07, 6.45) is 2.30. The summed E-state index contributed by atoms with van der Waals surface area (Å²) in [5.41, 5.74) is 7.59. The van der Waals surface area contributed by atoms with Crippen molar-refractivity contribution in [3.63, 3.8) is 0 Å². The van der Waals surface area contributed by atoms with E-state index in [0.29, 0.717) is 25.1 Å². The Balaban J connectivity index is 1.76. The zero-order chi connectivity index (χ0) is 18.4. The molecule has 2 amide bonds. The Hall–Kier alpha value is -2.66. The van der Waals surface area contributed by atoms with Crippen molar-refractivity contribution < 1.29 is 9.59 Å². The molecule has 5 heteroatoms. The highest BCUT2D eigenvalue weighted by atomic mass is 16.2. The molecule has 1 aliphatic heterocycles. The second kappa shape index (κ2) is 8.63. The minimum Gasteiger partial charge on any atom is -0.340 e. The predicted octanol–water partition coefficient (Wildman–Crippen LogP) is 1.98. The van der Waals surface area contributed by atoms with E-state index in [1.165, 1.54) is 0 Å². The van der Waals surface area contributed by atoms with Gasteiger partial charge in [-0.25, -0.2) is 0 Å². The maximum Gasteiger partial charge on any atom is 0.251 e. The highest BCUT2D eigenvalue weighted by Gasteiger charge is 2.29. The van der Waals surface area contributed by atoms with Crippen LogP contribution < -0.4 is 11.1 Å². The van der Waals surface area contributed by atoms with Gasteiger partial charge in [0.25, 0.3) is 5.91 Å². The smallest absolute Gasteiger partial charge is 0.251 e. The molecule has 0 bridgehead atoms. The molecule has 26 heavy (non-hydrogen) atoms. The fourth-order valence-electron chi connectivity index (χ4n) is 3.31. The Morgan fingerprint density at radius 3 is 2.38 bits per heavy atom. The van der Waals surface area contributed by atoms with Crippen molar-refractivity contribution in [2.45, 2.75) is 31.3 Å². The quantitative estimate of drug-likeness (QED) is 0.865. The third kappa shape index (κ3) is 4.70. The first-order valence-electron chi connectivity index (χ1n) is 9.07. The Kier molecular flexibility index (Phi) is 6.02. The lowest BCUT2D eigenvalue weighted by Crippen LogP contribution is -2.54. The molecule has 2 aromatic carbocycles. The number of nitrogens with one attached hydrogen (secondary N) is 1. The van der Waals surface area contributed by atoms with Gasteiger partial charge in [-0.05, 0) is 30.5 Å². The van der Waals surface area contributed by atoms with Crippen LogP contribution in [0.1, 0.15) is 28.8 Å². The molecule has 3 rings (SSSR count). The van der Waals surface area contributed by atoms with E-state index in [1.54, 1.807) is 17.0 Å². The van der Waals surface area contributed by atoms with Crippen molar-refractivity contribution in [1.29, 1.82) is 0 Å². The molecule has 2 atom stereocenters. The third-order valence-corrected chi connectivity index (χ3v) is 4.69. The van der Waals surface area contributed by atoms with Gasteiger partial charge in [-0.2, -0.15) is 0 Å². The van der Waals surface area contributed by atoms with Gasteiger partial charge >= 0.3 is 0 Å². The summed E-state index contributed by atoms with van der Waals surface area (Å²) in [5.74, 6) is -0.297. The van der Waals surface area contributed by atoms with Crippen LogP contribution in [0.25, 0.3) is 0 Å². The number of likely N-dealkylation sites (tertiary alicyclic amines) is 1. The van der Waals surface area contributed by atoms with E-state index in [-0.39, 0.29) is 17.9 Å². The highest BCUT2D eigenvalue weighted by Crippen LogP contribution is 2.13. The summed E-state index contributed by atoms with van der Waals surface area (Å²) in [4.78, 5) is 27.4. The SMILES string of the molecule is NC1CCCN(C(=O)C(Cc2ccccc2)NC(=O)c2ccccc2)C1. The van der Waals surface area contributed by atoms with Crippen LogP contribution in [0.2, 0.25) is 0 Å². The van der Waals surface area contributed by atoms with Gasteiger partial charge in [0, 0.05) is 31.1 Å². The summed E-state index contributed by atoms with van der Waals surface area (Å²) in [5, 5.41) is 2.92. The van der Waals surface area contributed by atoms with E-state index in [9.17, 15) is 9.59 Å². The van der Waals surface area contributed by atoms with Crippen molar-refractivity contribution in [1.82, 2.24) is 10.2 Å². The van der Waals surface area contributed by atoms with Crippen LogP contribution in [-0.4, -0.2) is 41.9 Å². The molecular weight excluding hydrogens is 326 g/mol. The van der Waals surface area contributed by atoms with Crippen LogP contribution >= 0.6 is 0 Å². The average Bonchev–Trinajstić information content (AvgIpc) is 2.68. The van der Waals surface area contributed by atoms with Gasteiger partial charge in [0.2, 0.25) is 5.91 Å². The van der Waals surface area contributed by atoms with E-state index < -0.39 is 6.04 Å². The number of piperidine rings is 1. The van der Waals surface area contributed by atoms with Gasteiger partial charge in [0.05, 0.1) is 0 Å². The number of benzene rings is 2. The molecule has 0 aliphatic carbocycles. The predicted molar refractivity (Wildman–Crippen MR) is 102 cm³/mol. The van der Waals surface area contributed by atoms with E-state index in [0.717, 1.165) is 18.4 Å². The van der Waals surface area contributed by atoms with Gasteiger partial charge in [-0.1, -0.05) is 48.5 Å². The molecule has 0 aromatic heterocycles. The van der Waals surface area contributed by atoms with Crippen LogP contribution in [0.5, 0.6) is 0 Å². The zero-order valence-electron chi connectivity index (χ0n) is 14.8. The zero-order valence-corrected chi connectivity index (χ0v) is 14.8. The monoisotopic (exact) mass is 351 g/mol. The van der Waals surface area contributed by atoms with Crippen LogP contribution in [0, 0.1) is 0 Å². The second-order valence-corrected chi connectivity index (χ2v) is 6.77. The molecule has 3 N–H and O–H groups in total. The summed E-state index contributed by atoms with van der Waals surface area (Å²) < 4.78 is 0. The van der Waals surface area contributed by atoms with Gasteiger partial charge < -0.3 is 16.0 Å². The number of carbonyl (C=O) groups excluding carboxylic acids is 2. The molecule has 136 valence electrons. The Bertz CT molecular complexity index is 733. The molecule has 2 unspecified atom stereocenters. The third-order valence-electron chi connectivity index (χ3n) is 4.69. The number of hydrogen-bond donors (Lipinski definition) is 2. The van der Waals surface area contributed by atoms with Crippen LogP contribution in [-0.2, 0) is 11.2 Å². The van der Waals surface area contributed by atoms with Crippen molar-refractivity contribution in [2.24, 2.45) is 5.73 Å². The molecular formula is C21H25N3O2. The molecule has 0 spiro atoms. The fourth-order valence-corrected chi connectivity index (χ4v) is 3.31. The van der Waals surface area contributed by atoms with Gasteiger partial charge in [0.15, 0.2) is 0 Å². The van der Waals surface area contributed by atoms with E-state index in [4.69, 9.17) is 5.73 Å². The molecule has 0 saturated carbocycles. The number of nitrogens with zero attached hydrogens (tertiary/aromatic N) is 1. The fraction of sp³-hybridized carbons (Fsp3) is 0.333. The summed E-state index contributed by atoms with van der Waals surface area (Å²) in [6.45, 7) is 1.24. The first-order chi connectivity index (χ1) is 12.6. The summed E-state index contributed by atoms with van der Waals surface area (Å²) in [7, 11) is 0. The summed E-state index contributed by atoms with van der Waals surface area (Å²) in [6, 6.07) is 18.1. The summed E-state index contributed by atoms with van der Waals surface area (Å²) >= 11 is 0. The first kappa shape index (κ1) is 18.1. The lowest BCUT2D eigenvalue weighted by molar-refractivity contribution is -0.134. The standard InChI is InChI=1S/C21H25N3O2/c22-18-12-7-13-24(15-18)21(26)19(14-16-8-3-1-4-9-16)23-20(25)17-10-5-2-6-11-17/h1-6,8-11,18-19H,7,12-15,22H2,(H,23,25). The topological polar surface area (TPSA) is 75.4 Å². The normalized spacial score (nSPS) is 18.2. The average molecular weight is 351 g/mol. The van der Waals surface area contributed by atoms with Crippen molar-refractivity contribution in [2.75, 3.05) is 13.1 Å². The molecule has 0 radical (unpaired) electrons. The van der Waals surface area contributed by atoms with Crippen LogP contribution in [0.15, 0.2) is 60.7 Å². The van der Waals surface area contributed by atoms with E-state index >= 15 is 0 Å². The molecule has 2 aromatic rings. The lowest BCUT2D eigenvalue weighted by atomic mass is 10.0. The Morgan fingerprint density at radius 1 is 1.08 bits per heavy atom. The maximum atomic E-state index is 13.1. The molecule has 1 heterocycles. The van der Waals surface area contributed by atoms with Crippen molar-refractivity contribution in [3.8, 4) is 0 Å². The number of carbonyl (C=O) groups is 2. The number of hydrogen-bond acceptors (Lipinski definition) is 3. The Morgan fingerprint density at radius 2 is 1.73 bits per heavy atom.